The Balaban J connectivity index is 0.981. The Bertz CT molecular complexity index is 1650. The second kappa shape index (κ2) is 27.6. The Morgan fingerprint density at radius 3 is 2.02 bits per heavy atom. The van der Waals surface area contributed by atoms with E-state index in [0.717, 1.165) is 113 Å². The molecule has 0 bridgehead atoms. The van der Waals surface area contributed by atoms with E-state index in [2.05, 4.69) is 127 Å². The van der Waals surface area contributed by atoms with Gasteiger partial charge in [-0.25, -0.2) is 0 Å². The van der Waals surface area contributed by atoms with Gasteiger partial charge in [-0.15, -0.1) is 0 Å². The summed E-state index contributed by atoms with van der Waals surface area (Å²) in [6, 6.07) is 0. The Morgan fingerprint density at radius 1 is 0.758 bits per heavy atom. The molecule has 372 valence electrons. The monoisotopic (exact) mass is 915 g/mol. The van der Waals surface area contributed by atoms with Crippen molar-refractivity contribution in [1.82, 2.24) is 0 Å². The predicted molar refractivity (Wildman–Crippen MR) is 271 cm³/mol. The fourth-order valence-corrected chi connectivity index (χ4v) is 13.2. The number of unbranched alkanes of at least 4 members (excludes halogenated alkanes) is 2. The van der Waals surface area contributed by atoms with E-state index in [9.17, 15) is 20.1 Å². The highest BCUT2D eigenvalue weighted by atomic mass is 16.7. The van der Waals surface area contributed by atoms with Crippen molar-refractivity contribution in [3.05, 3.63) is 84.6 Å². The van der Waals surface area contributed by atoms with E-state index >= 15 is 0 Å². The fraction of sp³-hybridized carbons (Fsp3) is 0.746. The van der Waals surface area contributed by atoms with Gasteiger partial charge in [-0.1, -0.05) is 146 Å². The first-order chi connectivity index (χ1) is 31.8. The zero-order valence-corrected chi connectivity index (χ0v) is 42.5. The van der Waals surface area contributed by atoms with Gasteiger partial charge in [-0.2, -0.15) is 0 Å². The number of hydrogen-bond acceptors (Lipinski definition) is 7. The van der Waals surface area contributed by atoms with Crippen LogP contribution in [0.5, 0.6) is 0 Å². The first kappa shape index (κ1) is 54.4. The van der Waals surface area contributed by atoms with Crippen LogP contribution in [-0.2, 0) is 19.0 Å². The highest BCUT2D eigenvalue weighted by Gasteiger charge is 2.59. The average Bonchev–Trinajstić information content (AvgIpc) is 3.66. The molecule has 3 N–H and O–H groups in total. The van der Waals surface area contributed by atoms with Crippen LogP contribution >= 0.6 is 0 Å². The Kier molecular flexibility index (Phi) is 22.7. The molecule has 4 aliphatic carbocycles. The van der Waals surface area contributed by atoms with E-state index in [4.69, 9.17) is 14.2 Å². The number of allylic oxidation sites excluding steroid dienone is 13. The Labute approximate surface area is 402 Å². The lowest BCUT2D eigenvalue weighted by Gasteiger charge is -2.58. The second-order valence-corrected chi connectivity index (χ2v) is 21.8. The molecular weight excluding hydrogens is 821 g/mol. The molecule has 7 nitrogen and oxygen atoms in total. The minimum absolute atomic E-state index is 0.157. The number of hydrogen-bond donors (Lipinski definition) is 3. The van der Waals surface area contributed by atoms with E-state index in [1.807, 2.05) is 0 Å². The summed E-state index contributed by atoms with van der Waals surface area (Å²) in [6.45, 7) is 16.9. The number of fused-ring (bicyclic) bond motifs is 5. The molecule has 5 rings (SSSR count). The lowest BCUT2D eigenvalue weighted by molar-refractivity contribution is -0.313. The fourth-order valence-electron chi connectivity index (χ4n) is 13.2. The van der Waals surface area contributed by atoms with Crippen molar-refractivity contribution in [2.75, 3.05) is 6.61 Å². The highest BCUT2D eigenvalue weighted by Crippen LogP contribution is 2.67. The van der Waals surface area contributed by atoms with Crippen molar-refractivity contribution in [2.45, 2.75) is 220 Å². The van der Waals surface area contributed by atoms with Crippen molar-refractivity contribution in [2.24, 2.45) is 52.3 Å². The minimum Gasteiger partial charge on any atom is -0.463 e. The van der Waals surface area contributed by atoms with Crippen LogP contribution in [-0.4, -0.2) is 64.7 Å². The number of aliphatic hydroxyl groups excluding tert-OH is 3. The summed E-state index contributed by atoms with van der Waals surface area (Å²) in [4.78, 5) is 12.7. The number of carbonyl (C=O) groups excluding carboxylic acids is 1. The van der Waals surface area contributed by atoms with Crippen LogP contribution < -0.4 is 0 Å². The molecule has 14 atom stereocenters. The summed E-state index contributed by atoms with van der Waals surface area (Å²) in [5.41, 5.74) is 2.09. The third-order valence-electron chi connectivity index (χ3n) is 17.3. The van der Waals surface area contributed by atoms with Crippen LogP contribution in [0.4, 0.5) is 0 Å². The predicted octanol–water partition coefficient (Wildman–Crippen LogP) is 13.7. The van der Waals surface area contributed by atoms with Gasteiger partial charge >= 0.3 is 5.97 Å². The molecule has 4 fully saturated rings. The second-order valence-electron chi connectivity index (χ2n) is 21.8. The molecule has 0 aromatic heterocycles. The highest BCUT2D eigenvalue weighted by molar-refractivity contribution is 5.69. The van der Waals surface area contributed by atoms with Crippen molar-refractivity contribution in [3.63, 3.8) is 0 Å². The maximum atomic E-state index is 12.7. The zero-order chi connectivity index (χ0) is 47.5. The van der Waals surface area contributed by atoms with Crippen LogP contribution in [0.1, 0.15) is 183 Å². The summed E-state index contributed by atoms with van der Waals surface area (Å²) in [7, 11) is 0. The average molecular weight is 915 g/mol. The third-order valence-corrected chi connectivity index (χ3v) is 17.3. The summed E-state index contributed by atoms with van der Waals surface area (Å²) >= 11 is 0. The van der Waals surface area contributed by atoms with Crippen molar-refractivity contribution in [3.8, 4) is 0 Å². The molecule has 1 saturated heterocycles. The van der Waals surface area contributed by atoms with Crippen molar-refractivity contribution >= 4 is 5.97 Å². The maximum Gasteiger partial charge on any atom is 0.305 e. The Morgan fingerprint density at radius 2 is 1.39 bits per heavy atom. The van der Waals surface area contributed by atoms with Gasteiger partial charge in [0.1, 0.15) is 31.0 Å². The van der Waals surface area contributed by atoms with E-state index in [1.165, 1.54) is 50.5 Å². The van der Waals surface area contributed by atoms with Gasteiger partial charge in [-0.05, 0) is 168 Å². The first-order valence-electron chi connectivity index (χ1n) is 26.9. The van der Waals surface area contributed by atoms with Gasteiger partial charge in [0.15, 0.2) is 6.29 Å². The van der Waals surface area contributed by atoms with Gasteiger partial charge in [0.05, 0.1) is 6.10 Å². The van der Waals surface area contributed by atoms with Crippen LogP contribution in [0, 0.1) is 52.3 Å². The minimum atomic E-state index is -1.46. The van der Waals surface area contributed by atoms with Crippen LogP contribution in [0.15, 0.2) is 84.6 Å². The van der Waals surface area contributed by atoms with Gasteiger partial charge < -0.3 is 29.5 Å². The van der Waals surface area contributed by atoms with Gasteiger partial charge in [0.25, 0.3) is 0 Å². The molecular formula is C59H94O7. The zero-order valence-electron chi connectivity index (χ0n) is 42.5. The van der Waals surface area contributed by atoms with E-state index in [1.54, 1.807) is 0 Å². The van der Waals surface area contributed by atoms with Crippen LogP contribution in [0.25, 0.3) is 0 Å². The number of esters is 1. The van der Waals surface area contributed by atoms with Gasteiger partial charge in [0.2, 0.25) is 0 Å². The molecule has 1 heterocycles. The summed E-state index contributed by atoms with van der Waals surface area (Å²) in [5.74, 6) is 5.13. The van der Waals surface area contributed by atoms with E-state index in [-0.39, 0.29) is 30.5 Å². The van der Waals surface area contributed by atoms with E-state index in [0.29, 0.717) is 17.8 Å². The molecule has 0 amide bonds. The molecule has 3 saturated carbocycles. The quantitative estimate of drug-likeness (QED) is 0.0451. The van der Waals surface area contributed by atoms with Gasteiger partial charge in [-0.3, -0.25) is 4.79 Å². The smallest absolute Gasteiger partial charge is 0.305 e. The molecule has 14 unspecified atom stereocenters. The molecule has 7 heteroatoms. The Hall–Kier alpha value is -2.55. The standard InChI is InChI=1S/C59H94O7/c1-8-10-11-12-13-14-15-16-17-18-19-20-21-22-23-24-25-26-27-28-29-30-53(60)64-42-52-54(61)55(62)56(63)57(66-52)65-47-37-39-58(6)46(41-47)33-34-48-50-36-35-49(59(50,7)40-38-51(48)58)44(5)31-32-45(9-2)43(3)4/h10-11,13-14,16-17,19-20,22-23,25-26,33,43-45,47-52,54-57,61-63H,8-9,12,15,18,21,24,27-32,34-42H2,1-7H3/b11-10-,14-13-,17-16-,20-19-,23-22-,26-25-. The summed E-state index contributed by atoms with van der Waals surface area (Å²) < 4.78 is 18.0. The molecule has 0 spiro atoms. The SMILES string of the molecule is CC/C=C\C/C=C\C/C=C\C/C=C\C/C=C\C/C=C\CCCCC(=O)OCC1OC(OC2CCC3(C)C(=CCC4C3CCC3(C)C(C(C)CCC(CC)C(C)C)CCC43)C2)C(O)C(O)C1O. The van der Waals surface area contributed by atoms with Crippen LogP contribution in [0.2, 0.25) is 0 Å². The maximum absolute atomic E-state index is 12.7. The van der Waals surface area contributed by atoms with Crippen LogP contribution in [0.3, 0.4) is 0 Å². The largest absolute Gasteiger partial charge is 0.463 e. The van der Waals surface area contributed by atoms with Crippen molar-refractivity contribution < 1.29 is 34.3 Å². The summed E-state index contributed by atoms with van der Waals surface area (Å²) in [6.07, 6.45) is 44.3. The van der Waals surface area contributed by atoms with Crippen molar-refractivity contribution in [1.29, 1.82) is 0 Å². The number of ether oxygens (including phenoxy) is 3. The molecule has 5 aliphatic rings. The molecule has 0 aromatic carbocycles. The summed E-state index contributed by atoms with van der Waals surface area (Å²) in [5, 5.41) is 32.6. The lowest BCUT2D eigenvalue weighted by atomic mass is 9.47. The first-order valence-corrected chi connectivity index (χ1v) is 26.9. The number of carbonyl (C=O) groups is 1. The van der Waals surface area contributed by atoms with Gasteiger partial charge in [0, 0.05) is 6.42 Å². The molecule has 66 heavy (non-hydrogen) atoms. The topological polar surface area (TPSA) is 105 Å². The number of rotatable bonds is 26. The molecule has 0 radical (unpaired) electrons. The normalized spacial score (nSPS) is 34.8. The molecule has 1 aliphatic heterocycles. The molecule has 0 aromatic rings. The van der Waals surface area contributed by atoms with E-state index < -0.39 is 30.7 Å². The third kappa shape index (κ3) is 15.0. The number of aliphatic hydroxyl groups is 3. The lowest BCUT2D eigenvalue weighted by Crippen LogP contribution is -2.60.